The van der Waals surface area contributed by atoms with Crippen molar-refractivity contribution in [3.8, 4) is 0 Å². The molecule has 0 radical (unpaired) electrons. The molecule has 0 aliphatic rings. The third-order valence-corrected chi connectivity index (χ3v) is 2.61. The molecule has 0 spiro atoms. The minimum atomic E-state index is 0.751. The summed E-state index contributed by atoms with van der Waals surface area (Å²) < 4.78 is 0. The lowest BCUT2D eigenvalue weighted by molar-refractivity contribution is 0.960. The molecule has 2 nitrogen and oxygen atoms in total. The molecule has 1 aromatic heterocycles. The number of aromatic nitrogens is 2. The van der Waals surface area contributed by atoms with Crippen LogP contribution in [0.5, 0.6) is 0 Å². The van der Waals surface area contributed by atoms with Crippen LogP contribution in [0.1, 0.15) is 11.4 Å². The van der Waals surface area contributed by atoms with Crippen LogP contribution in [-0.4, -0.2) is 10.2 Å². The summed E-state index contributed by atoms with van der Waals surface area (Å²) in [6.45, 7) is 1.98. The maximum Gasteiger partial charge on any atom is 0.0814 e. The SMILES string of the molecule is Cc1nnc(CBr)c2ccccc12. The molecule has 0 aliphatic carbocycles. The molecule has 66 valence electrons. The van der Waals surface area contributed by atoms with Crippen molar-refractivity contribution in [3.63, 3.8) is 0 Å². The number of aryl methyl sites for hydroxylation is 1. The Hall–Kier alpha value is -0.960. The van der Waals surface area contributed by atoms with Gasteiger partial charge in [0.25, 0.3) is 0 Å². The van der Waals surface area contributed by atoms with E-state index in [0.717, 1.165) is 16.7 Å². The first-order chi connectivity index (χ1) is 6.33. The quantitative estimate of drug-likeness (QED) is 0.712. The van der Waals surface area contributed by atoms with Crippen molar-refractivity contribution in [2.24, 2.45) is 0 Å². The summed E-state index contributed by atoms with van der Waals surface area (Å²) in [5.74, 6) is 0. The Morgan fingerprint density at radius 2 is 1.85 bits per heavy atom. The van der Waals surface area contributed by atoms with Crippen molar-refractivity contribution in [1.82, 2.24) is 10.2 Å². The minimum absolute atomic E-state index is 0.751. The normalized spacial score (nSPS) is 10.6. The van der Waals surface area contributed by atoms with Gasteiger partial charge in [-0.05, 0) is 6.92 Å². The van der Waals surface area contributed by atoms with Gasteiger partial charge in [-0.1, -0.05) is 40.2 Å². The Bertz CT molecular complexity index is 440. The highest BCUT2D eigenvalue weighted by atomic mass is 79.9. The predicted molar refractivity (Wildman–Crippen MR) is 56.9 cm³/mol. The second-order valence-corrected chi connectivity index (χ2v) is 3.47. The predicted octanol–water partition coefficient (Wildman–Crippen LogP) is 2.83. The van der Waals surface area contributed by atoms with Crippen molar-refractivity contribution >= 4 is 26.7 Å². The minimum Gasteiger partial charge on any atom is -0.155 e. The Morgan fingerprint density at radius 3 is 2.54 bits per heavy atom. The van der Waals surface area contributed by atoms with E-state index in [0.29, 0.717) is 0 Å². The molecule has 0 aliphatic heterocycles. The van der Waals surface area contributed by atoms with Crippen molar-refractivity contribution in [2.45, 2.75) is 12.3 Å². The molecule has 0 amide bonds. The number of fused-ring (bicyclic) bond motifs is 1. The summed E-state index contributed by atoms with van der Waals surface area (Å²) in [5, 5.41) is 11.4. The lowest BCUT2D eigenvalue weighted by atomic mass is 10.1. The van der Waals surface area contributed by atoms with Gasteiger partial charge >= 0.3 is 0 Å². The van der Waals surface area contributed by atoms with Gasteiger partial charge in [-0.3, -0.25) is 0 Å². The molecule has 13 heavy (non-hydrogen) atoms. The number of alkyl halides is 1. The van der Waals surface area contributed by atoms with Crippen molar-refractivity contribution in [2.75, 3.05) is 0 Å². The molecule has 2 rings (SSSR count). The molecule has 0 unspecified atom stereocenters. The number of nitrogens with zero attached hydrogens (tertiary/aromatic N) is 2. The molecule has 3 heteroatoms. The van der Waals surface area contributed by atoms with Gasteiger partial charge in [-0.15, -0.1) is 0 Å². The Balaban J connectivity index is 2.84. The first-order valence-corrected chi connectivity index (χ1v) is 5.22. The van der Waals surface area contributed by atoms with Crippen LogP contribution in [0.2, 0.25) is 0 Å². The molecule has 0 N–H and O–H groups in total. The zero-order valence-corrected chi connectivity index (χ0v) is 8.87. The molecule has 1 aromatic carbocycles. The average molecular weight is 237 g/mol. The Morgan fingerprint density at radius 1 is 1.15 bits per heavy atom. The van der Waals surface area contributed by atoms with E-state index >= 15 is 0 Å². The van der Waals surface area contributed by atoms with Gasteiger partial charge in [-0.2, -0.15) is 10.2 Å². The highest BCUT2D eigenvalue weighted by Crippen LogP contribution is 2.19. The number of halogens is 1. The van der Waals surface area contributed by atoms with Gasteiger partial charge in [0.2, 0.25) is 0 Å². The zero-order valence-electron chi connectivity index (χ0n) is 7.29. The van der Waals surface area contributed by atoms with E-state index in [9.17, 15) is 0 Å². The van der Waals surface area contributed by atoms with Crippen LogP contribution < -0.4 is 0 Å². The topological polar surface area (TPSA) is 25.8 Å². The summed E-state index contributed by atoms with van der Waals surface area (Å²) in [4.78, 5) is 0. The fraction of sp³-hybridized carbons (Fsp3) is 0.200. The van der Waals surface area contributed by atoms with Crippen molar-refractivity contribution < 1.29 is 0 Å². The molecule has 0 fully saturated rings. The second kappa shape index (κ2) is 3.42. The van der Waals surface area contributed by atoms with Crippen LogP contribution in [0.3, 0.4) is 0 Å². The Labute approximate surface area is 85.1 Å². The van der Waals surface area contributed by atoms with Gasteiger partial charge in [-0.25, -0.2) is 0 Å². The summed E-state index contributed by atoms with van der Waals surface area (Å²) >= 11 is 3.40. The zero-order chi connectivity index (χ0) is 9.26. The van der Waals surface area contributed by atoms with Crippen LogP contribution in [0, 0.1) is 6.92 Å². The lowest BCUT2D eigenvalue weighted by Crippen LogP contribution is -1.94. The van der Waals surface area contributed by atoms with Crippen LogP contribution in [-0.2, 0) is 5.33 Å². The van der Waals surface area contributed by atoms with Crippen LogP contribution in [0.4, 0.5) is 0 Å². The molecule has 2 aromatic rings. The van der Waals surface area contributed by atoms with Gasteiger partial charge in [0.1, 0.15) is 0 Å². The summed E-state index contributed by atoms with van der Waals surface area (Å²) in [5.41, 5.74) is 1.99. The van der Waals surface area contributed by atoms with Crippen molar-refractivity contribution in [3.05, 3.63) is 35.7 Å². The second-order valence-electron chi connectivity index (χ2n) is 2.91. The van der Waals surface area contributed by atoms with Gasteiger partial charge < -0.3 is 0 Å². The third kappa shape index (κ3) is 1.44. The molecule has 0 atom stereocenters. The largest absolute Gasteiger partial charge is 0.155 e. The van der Waals surface area contributed by atoms with Gasteiger partial charge in [0.05, 0.1) is 11.4 Å². The van der Waals surface area contributed by atoms with E-state index in [1.165, 1.54) is 10.8 Å². The first kappa shape index (κ1) is 8.63. The number of hydrogen-bond acceptors (Lipinski definition) is 2. The number of benzene rings is 1. The lowest BCUT2D eigenvalue weighted by Gasteiger charge is -2.03. The standard InChI is InChI=1S/C10H9BrN2/c1-7-8-4-2-3-5-9(8)10(6-11)13-12-7/h2-5H,6H2,1H3. The fourth-order valence-corrected chi connectivity index (χ4v) is 1.81. The summed E-state index contributed by atoms with van der Waals surface area (Å²) in [7, 11) is 0. The monoisotopic (exact) mass is 236 g/mol. The molecule has 0 saturated carbocycles. The van der Waals surface area contributed by atoms with E-state index in [2.05, 4.69) is 38.3 Å². The van der Waals surface area contributed by atoms with Crippen LogP contribution >= 0.6 is 15.9 Å². The molecular formula is C10H9BrN2. The van der Waals surface area contributed by atoms with E-state index < -0.39 is 0 Å². The molecule has 0 saturated heterocycles. The smallest absolute Gasteiger partial charge is 0.0814 e. The highest BCUT2D eigenvalue weighted by Gasteiger charge is 2.03. The van der Waals surface area contributed by atoms with E-state index in [1.807, 2.05) is 19.1 Å². The van der Waals surface area contributed by atoms with Gasteiger partial charge in [0.15, 0.2) is 0 Å². The third-order valence-electron chi connectivity index (χ3n) is 2.08. The fourth-order valence-electron chi connectivity index (χ4n) is 1.39. The van der Waals surface area contributed by atoms with Crippen molar-refractivity contribution in [1.29, 1.82) is 0 Å². The Kier molecular flexibility index (Phi) is 2.27. The summed E-state index contributed by atoms with van der Waals surface area (Å²) in [6.07, 6.45) is 0. The molecule has 1 heterocycles. The summed E-state index contributed by atoms with van der Waals surface area (Å²) in [6, 6.07) is 8.20. The molecular weight excluding hydrogens is 228 g/mol. The maximum atomic E-state index is 4.13. The van der Waals surface area contributed by atoms with E-state index in [1.54, 1.807) is 0 Å². The maximum absolute atomic E-state index is 4.13. The van der Waals surface area contributed by atoms with Crippen LogP contribution in [0.25, 0.3) is 10.8 Å². The number of rotatable bonds is 1. The van der Waals surface area contributed by atoms with E-state index in [4.69, 9.17) is 0 Å². The highest BCUT2D eigenvalue weighted by molar-refractivity contribution is 9.08. The van der Waals surface area contributed by atoms with E-state index in [-0.39, 0.29) is 0 Å². The van der Waals surface area contributed by atoms with Crippen LogP contribution in [0.15, 0.2) is 24.3 Å². The first-order valence-electron chi connectivity index (χ1n) is 4.10. The number of hydrogen-bond donors (Lipinski definition) is 0. The molecule has 0 bridgehead atoms. The average Bonchev–Trinajstić information content (AvgIpc) is 2.19. The van der Waals surface area contributed by atoms with Gasteiger partial charge in [0, 0.05) is 16.1 Å².